The van der Waals surface area contributed by atoms with Gasteiger partial charge in [0.1, 0.15) is 41.9 Å². The van der Waals surface area contributed by atoms with E-state index in [0.29, 0.717) is 91.9 Å². The third kappa shape index (κ3) is 14.5. The Balaban J connectivity index is 1.36. The number of piperidine rings is 1. The van der Waals surface area contributed by atoms with Gasteiger partial charge in [0.15, 0.2) is 5.78 Å². The zero-order valence-corrected chi connectivity index (χ0v) is 47.2. The fourth-order valence-electron chi connectivity index (χ4n) is 12.2. The van der Waals surface area contributed by atoms with E-state index in [1.807, 2.05) is 33.8 Å². The molecule has 1 amide bonds. The minimum absolute atomic E-state index is 0.0616. The van der Waals surface area contributed by atoms with Crippen LogP contribution in [-0.4, -0.2) is 144 Å². The summed E-state index contributed by atoms with van der Waals surface area (Å²) in [6.45, 7) is 12.7. The Morgan fingerprint density at radius 2 is 1.53 bits per heavy atom. The summed E-state index contributed by atoms with van der Waals surface area (Å²) in [5.74, 6) is -8.64. The lowest BCUT2D eigenvalue weighted by molar-refractivity contribution is -0.265. The monoisotopic (exact) mass is 1090 g/mol. The Hall–Kier alpha value is -3.29. The van der Waals surface area contributed by atoms with Crippen LogP contribution >= 0.6 is 23.2 Å². The number of hydrogen-bond donors (Lipinski definition) is 3. The van der Waals surface area contributed by atoms with Crippen LogP contribution in [0.1, 0.15) is 138 Å². The fourth-order valence-corrected chi connectivity index (χ4v) is 12.8. The first-order valence-electron chi connectivity index (χ1n) is 27.3. The molecule has 16 nitrogen and oxygen atoms in total. The first kappa shape index (κ1) is 60.9. The molecule has 1 aromatic rings. The normalized spacial score (nSPS) is 38.8. The van der Waals surface area contributed by atoms with Crippen molar-refractivity contribution in [1.29, 1.82) is 0 Å². The number of allylic oxidation sites excluding steroid dienone is 1. The van der Waals surface area contributed by atoms with Gasteiger partial charge in [0, 0.05) is 58.5 Å². The molecule has 5 heterocycles. The predicted octanol–water partition coefficient (Wildman–Crippen LogP) is 8.34. The van der Waals surface area contributed by atoms with Gasteiger partial charge in [0.2, 0.25) is 5.79 Å². The van der Waals surface area contributed by atoms with Crippen LogP contribution in [0.15, 0.2) is 41.5 Å². The number of methoxy groups -OCH3 is 3. The van der Waals surface area contributed by atoms with Crippen molar-refractivity contribution in [2.24, 2.45) is 35.5 Å². The SMILES string of the molecule is CO[C@H]1C[C@@H]2CCC(C)[C@@](O)(O2)C(=O)C(=O)N2CCCC[C@H]2C(=O)O[C@H]([C@H](C)C[C@H]2CC[C@H](O)[C@@H](OC)C2)CC(=O)[C@H](C)/C=C(\C)[C@@H](O)[C@@H](OC)C(=O)[C@H](C)C[C@H](C)[C@@H]2CC[C@H](/C=C/1C)ON2c1c(Cl)cccc1Cl. The Kier molecular flexibility index (Phi) is 22.0. The van der Waals surface area contributed by atoms with Gasteiger partial charge < -0.3 is 43.9 Å². The van der Waals surface area contributed by atoms with Gasteiger partial charge in [0.25, 0.3) is 11.7 Å². The minimum Gasteiger partial charge on any atom is -0.460 e. The number of esters is 1. The van der Waals surface area contributed by atoms with Crippen molar-refractivity contribution >= 4 is 58.1 Å². The molecule has 3 N–H and O–H groups in total. The lowest BCUT2D eigenvalue weighted by Gasteiger charge is -2.44. The average Bonchev–Trinajstić information content (AvgIpc) is 3.38. The second kappa shape index (κ2) is 27.0. The maximum atomic E-state index is 14.5. The number of aliphatic hydroxyl groups is 3. The zero-order chi connectivity index (χ0) is 55.1. The summed E-state index contributed by atoms with van der Waals surface area (Å²) in [6, 6.07) is 3.77. The molecule has 18 heteroatoms. The molecule has 1 saturated carbocycles. The number of Topliss-reactive ketones (excluding diaryl/α,β-unsaturated/α-hetero) is 3. The van der Waals surface area contributed by atoms with E-state index in [9.17, 15) is 39.3 Å². The molecule has 0 spiro atoms. The van der Waals surface area contributed by atoms with Crippen molar-refractivity contribution in [2.45, 2.75) is 205 Å². The lowest BCUT2D eigenvalue weighted by Crippen LogP contribution is -2.61. The number of anilines is 1. The number of ether oxygens (including phenoxy) is 5. The van der Waals surface area contributed by atoms with E-state index in [4.69, 9.17) is 51.7 Å². The Morgan fingerprint density at radius 3 is 2.20 bits per heavy atom. The standard InChI is InChI=1S/C57H84Cl2N2O14/c1-31-24-35(5)51(64)53(72-10)52(65)36(6)25-32(2)46(63)30-48(33(3)26-38-18-22-45(62)49(28-38)71-9)73-56(68)44-16-11-12-23-60(44)55(67)54(66)57(69)37(7)17-19-39(74-57)29-47(70-8)34(4)27-40-20-21-43(31)61(75-40)50-41(58)14-13-15-42(50)59/h13-15,25,27,31-33,35,37-40,43-45,47-49,52-53,62,65,69H,11-12,16-24,26,28-30H2,1-10H3/b34-27+,36-25+/t31-,32+,33+,35+,37?,38+,39-,40+,43-,44-,45-,47-,48-,49-,52+,53-,57+/m0/s1. The number of amides is 1. The lowest BCUT2D eigenvalue weighted by atomic mass is 9.78. The summed E-state index contributed by atoms with van der Waals surface area (Å²) >= 11 is 13.7. The average molecular weight is 1090 g/mol. The van der Waals surface area contributed by atoms with E-state index in [-0.39, 0.29) is 67.3 Å². The Morgan fingerprint density at radius 1 is 0.827 bits per heavy atom. The van der Waals surface area contributed by atoms with E-state index in [2.05, 4.69) is 0 Å². The molecule has 4 fully saturated rings. The van der Waals surface area contributed by atoms with Crippen LogP contribution in [-0.2, 0) is 52.5 Å². The molecule has 6 aliphatic rings. The number of hydrogen-bond acceptors (Lipinski definition) is 15. The third-order valence-corrected chi connectivity index (χ3v) is 17.6. The number of benzene rings is 1. The number of hydroxylamine groups is 1. The van der Waals surface area contributed by atoms with Crippen molar-refractivity contribution in [1.82, 2.24) is 4.90 Å². The smallest absolute Gasteiger partial charge is 0.329 e. The van der Waals surface area contributed by atoms with Crippen LogP contribution in [0.3, 0.4) is 0 Å². The second-order valence-corrected chi connectivity index (χ2v) is 23.3. The van der Waals surface area contributed by atoms with Gasteiger partial charge in [-0.05, 0) is 132 Å². The van der Waals surface area contributed by atoms with Crippen molar-refractivity contribution in [3.8, 4) is 0 Å². The molecule has 0 radical (unpaired) electrons. The highest BCUT2D eigenvalue weighted by Gasteiger charge is 2.53. The molecular formula is C57H84Cl2N2O14. The van der Waals surface area contributed by atoms with Gasteiger partial charge in [0.05, 0.1) is 40.5 Å². The summed E-state index contributed by atoms with van der Waals surface area (Å²) in [6.07, 6.45) is 3.43. The van der Waals surface area contributed by atoms with Gasteiger partial charge in [-0.3, -0.25) is 24.0 Å². The molecular weight excluding hydrogens is 1010 g/mol. The maximum absolute atomic E-state index is 14.5. The largest absolute Gasteiger partial charge is 0.460 e. The summed E-state index contributed by atoms with van der Waals surface area (Å²) in [7, 11) is 4.50. The number of carbonyl (C=O) groups excluding carboxylic acids is 5. The van der Waals surface area contributed by atoms with Crippen molar-refractivity contribution in [3.05, 3.63) is 51.5 Å². The van der Waals surface area contributed by atoms with Crippen molar-refractivity contribution < 1.29 is 67.8 Å². The van der Waals surface area contributed by atoms with Crippen molar-refractivity contribution in [2.75, 3.05) is 32.9 Å². The number of ketones is 3. The van der Waals surface area contributed by atoms with Gasteiger partial charge in [-0.15, -0.1) is 0 Å². The zero-order valence-electron chi connectivity index (χ0n) is 45.7. The molecule has 1 aliphatic carbocycles. The number of aliphatic hydroxyl groups excluding tert-OH is 2. The van der Waals surface area contributed by atoms with Crippen LogP contribution in [0, 0.1) is 35.5 Å². The van der Waals surface area contributed by atoms with Crippen molar-refractivity contribution in [3.63, 3.8) is 0 Å². The molecule has 75 heavy (non-hydrogen) atoms. The van der Waals surface area contributed by atoms with E-state index < -0.39 is 90.0 Å². The second-order valence-electron chi connectivity index (χ2n) is 22.5. The van der Waals surface area contributed by atoms with E-state index in [1.54, 1.807) is 64.3 Å². The number of nitrogens with zero attached hydrogens (tertiary/aromatic N) is 2. The highest BCUT2D eigenvalue weighted by Crippen LogP contribution is 2.43. The first-order chi connectivity index (χ1) is 35.5. The van der Waals surface area contributed by atoms with E-state index in [0.717, 1.165) is 5.57 Å². The molecule has 0 aromatic heterocycles. The van der Waals surface area contributed by atoms with Crippen LogP contribution in [0.5, 0.6) is 0 Å². The van der Waals surface area contributed by atoms with E-state index >= 15 is 0 Å². The number of rotatable bonds is 7. The molecule has 7 rings (SSSR count). The Labute approximate surface area is 454 Å². The highest BCUT2D eigenvalue weighted by atomic mass is 35.5. The summed E-state index contributed by atoms with van der Waals surface area (Å²) in [4.78, 5) is 80.0. The van der Waals surface area contributed by atoms with Crippen LogP contribution in [0.25, 0.3) is 0 Å². The predicted molar refractivity (Wildman–Crippen MR) is 284 cm³/mol. The fraction of sp³-hybridized carbons (Fsp3) is 0.737. The van der Waals surface area contributed by atoms with Crippen LogP contribution in [0.2, 0.25) is 10.0 Å². The molecule has 420 valence electrons. The number of para-hydroxylation sites is 1. The minimum atomic E-state index is -2.49. The molecule has 5 aliphatic heterocycles. The molecule has 4 bridgehead atoms. The summed E-state index contributed by atoms with van der Waals surface area (Å²) < 4.78 is 29.9. The summed E-state index contributed by atoms with van der Waals surface area (Å²) in [5, 5.41) is 37.0. The number of halogens is 2. The van der Waals surface area contributed by atoms with Gasteiger partial charge in [-0.2, -0.15) is 0 Å². The molecule has 1 unspecified atom stereocenters. The van der Waals surface area contributed by atoms with Crippen LogP contribution < -0.4 is 5.06 Å². The number of carbonyl (C=O) groups is 5. The van der Waals surface area contributed by atoms with Crippen LogP contribution in [0.4, 0.5) is 5.69 Å². The highest BCUT2D eigenvalue weighted by molar-refractivity contribution is 6.39. The topological polar surface area (TPSA) is 208 Å². The molecule has 17 atom stereocenters. The number of fused-ring (bicyclic) bond motifs is 17. The Bertz CT molecular complexity index is 2210. The summed E-state index contributed by atoms with van der Waals surface area (Å²) in [5.41, 5.74) is 1.64. The first-order valence-corrected chi connectivity index (χ1v) is 28.0. The van der Waals surface area contributed by atoms with Gasteiger partial charge in [-0.1, -0.05) is 76.0 Å². The third-order valence-electron chi connectivity index (χ3n) is 17.0. The molecule has 1 aromatic carbocycles. The maximum Gasteiger partial charge on any atom is 0.329 e. The van der Waals surface area contributed by atoms with Gasteiger partial charge >= 0.3 is 5.97 Å². The molecule has 3 saturated heterocycles. The van der Waals surface area contributed by atoms with E-state index in [1.165, 1.54) is 12.0 Å². The quantitative estimate of drug-likeness (QED) is 0.133. The van der Waals surface area contributed by atoms with Gasteiger partial charge in [-0.25, -0.2) is 9.86 Å².